The van der Waals surface area contributed by atoms with Crippen LogP contribution in [0.3, 0.4) is 0 Å². The Morgan fingerprint density at radius 2 is 2.15 bits per heavy atom. The average molecular weight is 173 g/mol. The molecule has 0 atom stereocenters. The summed E-state index contributed by atoms with van der Waals surface area (Å²) in [5, 5.41) is 10.0. The van der Waals surface area contributed by atoms with Crippen LogP contribution in [0.4, 0.5) is 0 Å². The van der Waals surface area contributed by atoms with Gasteiger partial charge in [-0.25, -0.2) is 0 Å². The Kier molecular flexibility index (Phi) is 2.82. The molecule has 0 aliphatic heterocycles. The lowest BCUT2D eigenvalue weighted by atomic mass is 10.1. The quantitative estimate of drug-likeness (QED) is 0.389. The molecule has 0 radical (unpaired) electrons. The summed E-state index contributed by atoms with van der Waals surface area (Å²) in [4.78, 5) is 9.52. The van der Waals surface area contributed by atoms with Gasteiger partial charge >= 0.3 is 0 Å². The normalized spacial score (nSPS) is 9.77. The Hall–Kier alpha value is -2.08. The Balaban J connectivity index is 3.02. The first-order chi connectivity index (χ1) is 6.24. The van der Waals surface area contributed by atoms with Crippen molar-refractivity contribution in [2.45, 2.75) is 0 Å². The van der Waals surface area contributed by atoms with Gasteiger partial charge in [0.15, 0.2) is 0 Å². The number of terminal acetylenes is 1. The summed E-state index contributed by atoms with van der Waals surface area (Å²) >= 11 is 0. The highest BCUT2D eigenvalue weighted by Crippen LogP contribution is 2.08. The number of hydrogen-bond acceptors (Lipinski definition) is 2. The molecule has 0 aliphatic rings. The summed E-state index contributed by atoms with van der Waals surface area (Å²) in [5.41, 5.74) is 1.34. The van der Waals surface area contributed by atoms with Crippen molar-refractivity contribution < 1.29 is 4.92 Å². The molecule has 0 fully saturated rings. The summed E-state index contributed by atoms with van der Waals surface area (Å²) in [5.74, 6) is 2.45. The molecule has 0 amide bonds. The molecule has 3 nitrogen and oxygen atoms in total. The molecule has 3 heteroatoms. The minimum atomic E-state index is -0.521. The molecular weight excluding hydrogens is 166 g/mol. The van der Waals surface area contributed by atoms with Gasteiger partial charge in [0.25, 0.3) is 0 Å². The van der Waals surface area contributed by atoms with Gasteiger partial charge in [-0.2, -0.15) is 0 Å². The van der Waals surface area contributed by atoms with Crippen molar-refractivity contribution in [3.05, 3.63) is 51.7 Å². The van der Waals surface area contributed by atoms with Gasteiger partial charge in [-0.3, -0.25) is 10.1 Å². The van der Waals surface area contributed by atoms with Crippen molar-refractivity contribution in [1.82, 2.24) is 0 Å². The summed E-state index contributed by atoms with van der Waals surface area (Å²) in [7, 11) is 0. The van der Waals surface area contributed by atoms with E-state index in [1.807, 2.05) is 0 Å². The van der Waals surface area contributed by atoms with Crippen molar-refractivity contribution in [3.8, 4) is 12.3 Å². The zero-order valence-corrected chi connectivity index (χ0v) is 6.81. The van der Waals surface area contributed by atoms with Crippen LogP contribution in [-0.2, 0) is 0 Å². The van der Waals surface area contributed by atoms with Gasteiger partial charge < -0.3 is 0 Å². The van der Waals surface area contributed by atoms with E-state index < -0.39 is 4.92 Å². The van der Waals surface area contributed by atoms with Crippen LogP contribution < -0.4 is 0 Å². The smallest absolute Gasteiger partial charge is 0.235 e. The van der Waals surface area contributed by atoms with Crippen molar-refractivity contribution in [1.29, 1.82) is 0 Å². The van der Waals surface area contributed by atoms with E-state index in [9.17, 15) is 10.1 Å². The van der Waals surface area contributed by atoms with E-state index >= 15 is 0 Å². The number of benzene rings is 1. The monoisotopic (exact) mass is 173 g/mol. The fraction of sp³-hybridized carbons (Fsp3) is 0. The van der Waals surface area contributed by atoms with Gasteiger partial charge in [-0.1, -0.05) is 24.1 Å². The SMILES string of the molecule is C#Cc1ccccc1/C=C/[N+](=O)[O-]. The van der Waals surface area contributed by atoms with E-state index in [4.69, 9.17) is 6.42 Å². The number of hydrogen-bond donors (Lipinski definition) is 0. The highest BCUT2D eigenvalue weighted by atomic mass is 16.6. The lowest BCUT2D eigenvalue weighted by Crippen LogP contribution is -1.84. The van der Waals surface area contributed by atoms with Crippen LogP contribution in [0.1, 0.15) is 11.1 Å². The zero-order chi connectivity index (χ0) is 9.68. The third-order valence-electron chi connectivity index (χ3n) is 1.49. The van der Waals surface area contributed by atoms with Crippen molar-refractivity contribution in [2.75, 3.05) is 0 Å². The van der Waals surface area contributed by atoms with Crippen LogP contribution in [0.25, 0.3) is 6.08 Å². The second-order valence-corrected chi connectivity index (χ2v) is 2.33. The summed E-state index contributed by atoms with van der Waals surface area (Å²) in [6.45, 7) is 0. The minimum Gasteiger partial charge on any atom is -0.259 e. The van der Waals surface area contributed by atoms with Gasteiger partial charge in [0.1, 0.15) is 0 Å². The molecular formula is C10H7NO2. The molecule has 1 rings (SSSR count). The maximum absolute atomic E-state index is 10.0. The van der Waals surface area contributed by atoms with Crippen LogP contribution in [0.5, 0.6) is 0 Å². The van der Waals surface area contributed by atoms with Gasteiger partial charge in [0.05, 0.1) is 4.92 Å². The lowest BCUT2D eigenvalue weighted by molar-refractivity contribution is -0.400. The first kappa shape index (κ1) is 9.01. The number of nitrogens with zero attached hydrogens (tertiary/aromatic N) is 1. The van der Waals surface area contributed by atoms with Crippen LogP contribution in [0.2, 0.25) is 0 Å². The average Bonchev–Trinajstić information content (AvgIpc) is 2.15. The Bertz CT molecular complexity index is 388. The van der Waals surface area contributed by atoms with E-state index in [0.29, 0.717) is 11.1 Å². The molecule has 0 bridgehead atoms. The lowest BCUT2D eigenvalue weighted by Gasteiger charge is -1.94. The summed E-state index contributed by atoms with van der Waals surface area (Å²) in [6.07, 6.45) is 7.46. The van der Waals surface area contributed by atoms with Crippen LogP contribution >= 0.6 is 0 Å². The third-order valence-corrected chi connectivity index (χ3v) is 1.49. The van der Waals surface area contributed by atoms with Gasteiger partial charge in [-0.15, -0.1) is 6.42 Å². The topological polar surface area (TPSA) is 43.1 Å². The molecule has 13 heavy (non-hydrogen) atoms. The van der Waals surface area contributed by atoms with Gasteiger partial charge in [-0.05, 0) is 11.6 Å². The Morgan fingerprint density at radius 3 is 2.77 bits per heavy atom. The summed E-state index contributed by atoms with van der Waals surface area (Å²) in [6, 6.07) is 7.04. The molecule has 1 aromatic rings. The van der Waals surface area contributed by atoms with E-state index in [-0.39, 0.29) is 0 Å². The van der Waals surface area contributed by atoms with Crippen LogP contribution in [-0.4, -0.2) is 4.92 Å². The molecule has 64 valence electrons. The summed E-state index contributed by atoms with van der Waals surface area (Å²) < 4.78 is 0. The van der Waals surface area contributed by atoms with Crippen molar-refractivity contribution >= 4 is 6.08 Å². The highest BCUT2D eigenvalue weighted by Gasteiger charge is 1.95. The predicted molar refractivity (Wildman–Crippen MR) is 50.4 cm³/mol. The maximum Gasteiger partial charge on any atom is 0.235 e. The fourth-order valence-corrected chi connectivity index (χ4v) is 0.915. The largest absolute Gasteiger partial charge is 0.259 e. The van der Waals surface area contributed by atoms with E-state index in [1.54, 1.807) is 24.3 Å². The van der Waals surface area contributed by atoms with Gasteiger partial charge in [0, 0.05) is 11.6 Å². The fourth-order valence-electron chi connectivity index (χ4n) is 0.915. The third kappa shape index (κ3) is 2.46. The van der Waals surface area contributed by atoms with Crippen LogP contribution in [0.15, 0.2) is 30.5 Å². The zero-order valence-electron chi connectivity index (χ0n) is 6.81. The number of rotatable bonds is 2. The highest BCUT2D eigenvalue weighted by molar-refractivity contribution is 5.57. The number of nitro groups is 1. The molecule has 0 N–H and O–H groups in total. The maximum atomic E-state index is 10.0. The standard InChI is InChI=1S/C10H7NO2/c1-2-9-5-3-4-6-10(9)7-8-11(12)13/h1,3-8H/b8-7+. The van der Waals surface area contributed by atoms with E-state index in [0.717, 1.165) is 6.20 Å². The molecule has 0 saturated heterocycles. The Labute approximate surface area is 75.9 Å². The molecule has 0 aromatic heterocycles. The molecule has 0 spiro atoms. The Morgan fingerprint density at radius 1 is 1.46 bits per heavy atom. The molecule has 0 aliphatic carbocycles. The second kappa shape index (κ2) is 4.07. The first-order valence-electron chi connectivity index (χ1n) is 3.61. The van der Waals surface area contributed by atoms with Crippen molar-refractivity contribution in [3.63, 3.8) is 0 Å². The molecule has 0 saturated carbocycles. The van der Waals surface area contributed by atoms with E-state index in [1.165, 1.54) is 6.08 Å². The minimum absolute atomic E-state index is 0.521. The second-order valence-electron chi connectivity index (χ2n) is 2.33. The molecule has 1 aromatic carbocycles. The van der Waals surface area contributed by atoms with Crippen LogP contribution in [0, 0.1) is 22.5 Å². The van der Waals surface area contributed by atoms with Gasteiger partial charge in [0.2, 0.25) is 6.20 Å². The molecule has 0 unspecified atom stereocenters. The first-order valence-corrected chi connectivity index (χ1v) is 3.61. The van der Waals surface area contributed by atoms with E-state index in [2.05, 4.69) is 5.92 Å². The van der Waals surface area contributed by atoms with Crippen molar-refractivity contribution in [2.24, 2.45) is 0 Å². The molecule has 0 heterocycles. The predicted octanol–water partition coefficient (Wildman–Crippen LogP) is 1.92.